The Kier molecular flexibility index (Phi) is 2.51. The van der Waals surface area contributed by atoms with Gasteiger partial charge in [-0.15, -0.1) is 0 Å². The molecule has 0 radical (unpaired) electrons. The predicted molar refractivity (Wildman–Crippen MR) is 46.8 cm³/mol. The lowest BCUT2D eigenvalue weighted by atomic mass is 10.2. The van der Waals surface area contributed by atoms with E-state index in [1.54, 1.807) is 0 Å². The molecule has 0 fully saturated rings. The second-order valence-electron chi connectivity index (χ2n) is 2.16. The van der Waals surface area contributed by atoms with Crippen LogP contribution in [0, 0.1) is 0 Å². The van der Waals surface area contributed by atoms with E-state index in [4.69, 9.17) is 5.73 Å². The molecule has 0 aliphatic heterocycles. The fourth-order valence-electron chi connectivity index (χ4n) is 0.685. The number of amides is 1. The van der Waals surface area contributed by atoms with Crippen molar-refractivity contribution < 1.29 is 9.59 Å². The van der Waals surface area contributed by atoms with E-state index in [1.807, 2.05) is 9.24 Å². The van der Waals surface area contributed by atoms with Crippen molar-refractivity contribution in [2.24, 2.45) is 5.73 Å². The monoisotopic (exact) mass is 182 g/mol. The molecule has 2 N–H and O–H groups in total. The van der Waals surface area contributed by atoms with Crippen molar-refractivity contribution in [2.75, 3.05) is 0 Å². The number of carbonyl (C=O) groups excluding carboxylic acids is 2. The molecule has 0 aromatic carbocycles. The van der Waals surface area contributed by atoms with Gasteiger partial charge in [-0.2, -0.15) is 0 Å². The van der Waals surface area contributed by atoms with Crippen molar-refractivity contribution in [1.29, 1.82) is 0 Å². The standard InChI is InChI=1S/C7H7N2O2P/c8-6(10)5-2-1-4(3-9-5)7(11)12/h1-3H,12H2,(H2,8,10). The molecule has 1 heterocycles. The van der Waals surface area contributed by atoms with Crippen LogP contribution in [0.2, 0.25) is 0 Å². The molecule has 1 atom stereocenters. The molecular weight excluding hydrogens is 175 g/mol. The molecule has 4 nitrogen and oxygen atoms in total. The molecule has 62 valence electrons. The molecule has 0 spiro atoms. The van der Waals surface area contributed by atoms with Crippen molar-refractivity contribution in [1.82, 2.24) is 4.98 Å². The smallest absolute Gasteiger partial charge is 0.267 e. The van der Waals surface area contributed by atoms with Crippen LogP contribution in [0.4, 0.5) is 0 Å². The van der Waals surface area contributed by atoms with Gasteiger partial charge in [0.15, 0.2) is 5.52 Å². The largest absolute Gasteiger partial charge is 0.364 e. The van der Waals surface area contributed by atoms with Gasteiger partial charge in [0.1, 0.15) is 5.69 Å². The molecule has 1 aromatic heterocycles. The maximum absolute atomic E-state index is 10.7. The normalized spacial score (nSPS) is 9.42. The highest BCUT2D eigenvalue weighted by Crippen LogP contribution is 2.04. The van der Waals surface area contributed by atoms with Gasteiger partial charge in [-0.05, 0) is 12.1 Å². The number of hydrogen-bond acceptors (Lipinski definition) is 3. The highest BCUT2D eigenvalue weighted by Gasteiger charge is 2.03. The van der Waals surface area contributed by atoms with Gasteiger partial charge < -0.3 is 5.73 Å². The van der Waals surface area contributed by atoms with Crippen molar-refractivity contribution in [3.63, 3.8) is 0 Å². The van der Waals surface area contributed by atoms with Crippen LogP contribution in [0.25, 0.3) is 0 Å². The van der Waals surface area contributed by atoms with Gasteiger partial charge in [-0.1, -0.05) is 9.24 Å². The third kappa shape index (κ3) is 1.86. The number of hydrogen-bond donors (Lipinski definition) is 1. The second kappa shape index (κ2) is 3.41. The topological polar surface area (TPSA) is 73.1 Å². The van der Waals surface area contributed by atoms with Crippen molar-refractivity contribution >= 4 is 20.7 Å². The van der Waals surface area contributed by atoms with Crippen molar-refractivity contribution in [3.05, 3.63) is 29.6 Å². The van der Waals surface area contributed by atoms with Gasteiger partial charge in [0.05, 0.1) is 0 Å². The van der Waals surface area contributed by atoms with Crippen LogP contribution in [0.15, 0.2) is 18.3 Å². The average molecular weight is 182 g/mol. The van der Waals surface area contributed by atoms with Crippen LogP contribution in [-0.2, 0) is 0 Å². The summed E-state index contributed by atoms with van der Waals surface area (Å²) < 4.78 is 0. The predicted octanol–water partition coefficient (Wildman–Crippen LogP) is 0.196. The van der Waals surface area contributed by atoms with Crippen LogP contribution in [-0.4, -0.2) is 16.4 Å². The van der Waals surface area contributed by atoms with Gasteiger partial charge in [-0.3, -0.25) is 14.6 Å². The first-order chi connectivity index (χ1) is 5.61. The zero-order valence-corrected chi connectivity index (χ0v) is 7.31. The van der Waals surface area contributed by atoms with Crippen LogP contribution >= 0.6 is 9.24 Å². The molecule has 0 aliphatic rings. The van der Waals surface area contributed by atoms with Crippen LogP contribution in [0.1, 0.15) is 20.8 Å². The fraction of sp³-hybridized carbons (Fsp3) is 0. The van der Waals surface area contributed by atoms with Gasteiger partial charge in [0.25, 0.3) is 5.91 Å². The second-order valence-corrected chi connectivity index (χ2v) is 2.68. The molecule has 1 rings (SSSR count). The van der Waals surface area contributed by atoms with E-state index < -0.39 is 5.91 Å². The number of aromatic nitrogens is 1. The number of pyridine rings is 1. The summed E-state index contributed by atoms with van der Waals surface area (Å²) in [6.45, 7) is 0. The van der Waals surface area contributed by atoms with E-state index in [9.17, 15) is 9.59 Å². The Morgan fingerprint density at radius 3 is 2.42 bits per heavy atom. The first-order valence-electron chi connectivity index (χ1n) is 3.17. The number of rotatable bonds is 2. The van der Waals surface area contributed by atoms with Gasteiger partial charge in [-0.25, -0.2) is 0 Å². The summed E-state index contributed by atoms with van der Waals surface area (Å²) in [5.41, 5.74) is 5.37. The molecule has 0 bridgehead atoms. The third-order valence-electron chi connectivity index (χ3n) is 1.30. The van der Waals surface area contributed by atoms with Crippen molar-refractivity contribution in [3.8, 4) is 0 Å². The molecule has 0 saturated carbocycles. The molecule has 1 aromatic rings. The highest BCUT2D eigenvalue weighted by molar-refractivity contribution is 7.41. The Morgan fingerprint density at radius 2 is 2.08 bits per heavy atom. The van der Waals surface area contributed by atoms with Gasteiger partial charge in [0.2, 0.25) is 0 Å². The maximum Gasteiger partial charge on any atom is 0.267 e. The summed E-state index contributed by atoms with van der Waals surface area (Å²) in [4.78, 5) is 25.0. The lowest BCUT2D eigenvalue weighted by Crippen LogP contribution is -2.12. The van der Waals surface area contributed by atoms with Gasteiger partial charge in [0, 0.05) is 11.8 Å². The SMILES string of the molecule is NC(=O)c1ccc(C(=O)P)cn1. The molecule has 0 saturated heterocycles. The lowest BCUT2D eigenvalue weighted by Gasteiger charge is -1.95. The first kappa shape index (κ1) is 8.81. The Morgan fingerprint density at radius 1 is 1.42 bits per heavy atom. The summed E-state index contributed by atoms with van der Waals surface area (Å²) in [6.07, 6.45) is 1.31. The van der Waals surface area contributed by atoms with E-state index in [0.29, 0.717) is 5.56 Å². The van der Waals surface area contributed by atoms with E-state index in [2.05, 4.69) is 4.98 Å². The summed E-state index contributed by atoms with van der Waals surface area (Å²) >= 11 is 0. The molecule has 0 aliphatic carbocycles. The molecule has 1 unspecified atom stereocenters. The van der Waals surface area contributed by atoms with Crippen LogP contribution < -0.4 is 5.73 Å². The minimum atomic E-state index is -0.599. The minimum absolute atomic E-state index is 0.157. The first-order valence-corrected chi connectivity index (χ1v) is 3.74. The third-order valence-corrected chi connectivity index (χ3v) is 1.63. The molecule has 1 amide bonds. The zero-order valence-electron chi connectivity index (χ0n) is 6.15. The van der Waals surface area contributed by atoms with E-state index in [1.165, 1.54) is 18.3 Å². The van der Waals surface area contributed by atoms with Crippen molar-refractivity contribution in [2.45, 2.75) is 0 Å². The Labute approximate surface area is 71.4 Å². The summed E-state index contributed by atoms with van der Waals surface area (Å²) in [5.74, 6) is -0.599. The number of nitrogens with two attached hydrogens (primary N) is 1. The molecule has 12 heavy (non-hydrogen) atoms. The van der Waals surface area contributed by atoms with Crippen LogP contribution in [0.3, 0.4) is 0 Å². The lowest BCUT2D eigenvalue weighted by molar-refractivity contribution is 0.0994. The Hall–Kier alpha value is -1.28. The summed E-state index contributed by atoms with van der Waals surface area (Å²) in [5, 5.41) is 0. The minimum Gasteiger partial charge on any atom is -0.364 e. The molecular formula is C7H7N2O2P. The van der Waals surface area contributed by atoms with E-state index in [-0.39, 0.29) is 11.2 Å². The quantitative estimate of drug-likeness (QED) is 0.663. The summed E-state index contributed by atoms with van der Waals surface area (Å²) in [7, 11) is 2.02. The highest BCUT2D eigenvalue weighted by atomic mass is 31.0. The zero-order chi connectivity index (χ0) is 9.14. The number of primary amides is 1. The fourth-order valence-corrected chi connectivity index (χ4v) is 0.856. The van der Waals surface area contributed by atoms with Crippen LogP contribution in [0.5, 0.6) is 0 Å². The van der Waals surface area contributed by atoms with Gasteiger partial charge >= 0.3 is 0 Å². The van der Waals surface area contributed by atoms with E-state index in [0.717, 1.165) is 0 Å². The Bertz CT molecular complexity index is 288. The number of nitrogens with zero attached hydrogens (tertiary/aromatic N) is 1. The molecule has 5 heteroatoms. The number of carbonyl (C=O) groups is 2. The van der Waals surface area contributed by atoms with E-state index >= 15 is 0 Å². The Balaban J connectivity index is 3.01. The summed E-state index contributed by atoms with van der Waals surface area (Å²) in [6, 6.07) is 2.92. The maximum atomic E-state index is 10.7. The average Bonchev–Trinajstić information content (AvgIpc) is 2.04.